The summed E-state index contributed by atoms with van der Waals surface area (Å²) in [6.07, 6.45) is 0.861. The number of hydrogen-bond acceptors (Lipinski definition) is 4. The number of nitrogens with two attached hydrogens (primary N) is 1. The van der Waals surface area contributed by atoms with Crippen LogP contribution in [0.1, 0.15) is 18.0 Å². The van der Waals surface area contributed by atoms with Gasteiger partial charge in [-0.15, -0.1) is 0 Å². The number of carbonyl (C=O) groups is 1. The zero-order valence-corrected chi connectivity index (χ0v) is 13.1. The summed E-state index contributed by atoms with van der Waals surface area (Å²) in [6.45, 7) is 4.00. The number of nitrogens with one attached hydrogen (secondary N) is 2. The van der Waals surface area contributed by atoms with Gasteiger partial charge in [0.2, 0.25) is 5.91 Å². The Morgan fingerprint density at radius 2 is 2.35 bits per heavy atom. The zero-order valence-electron chi connectivity index (χ0n) is 13.1. The molecule has 1 saturated heterocycles. The minimum Gasteiger partial charge on any atom is -0.493 e. The molecule has 2 aliphatic rings. The molecule has 1 unspecified atom stereocenters. The average Bonchev–Trinajstić information content (AvgIpc) is 2.55. The predicted octanol–water partition coefficient (Wildman–Crippen LogP) is -0.154. The second-order valence-electron chi connectivity index (χ2n) is 5.76. The molecule has 0 saturated carbocycles. The molecule has 124 valence electrons. The van der Waals surface area contributed by atoms with E-state index in [-0.39, 0.29) is 11.9 Å². The summed E-state index contributed by atoms with van der Waals surface area (Å²) in [7, 11) is 0. The van der Waals surface area contributed by atoms with E-state index in [2.05, 4.69) is 20.5 Å². The lowest BCUT2D eigenvalue weighted by Crippen LogP contribution is -2.48. The van der Waals surface area contributed by atoms with Gasteiger partial charge in [-0.05, 0) is 6.07 Å². The van der Waals surface area contributed by atoms with Crippen LogP contribution in [0.2, 0.25) is 0 Å². The number of nitrogens with zero attached hydrogens (tertiary/aromatic N) is 2. The first kappa shape index (κ1) is 15.6. The number of aliphatic imine (C=N–C) groups is 1. The Morgan fingerprint density at radius 3 is 3.22 bits per heavy atom. The molecule has 0 aliphatic carbocycles. The smallest absolute Gasteiger partial charge is 0.234 e. The highest BCUT2D eigenvalue weighted by molar-refractivity contribution is 5.79. The molecule has 3 rings (SSSR count). The quantitative estimate of drug-likeness (QED) is 0.530. The lowest BCUT2D eigenvalue weighted by molar-refractivity contribution is -0.124. The van der Waals surface area contributed by atoms with Crippen molar-refractivity contribution in [1.29, 1.82) is 0 Å². The van der Waals surface area contributed by atoms with Crippen LogP contribution in [0.15, 0.2) is 29.3 Å². The van der Waals surface area contributed by atoms with Gasteiger partial charge in [0.25, 0.3) is 0 Å². The normalized spacial score (nSPS) is 22.0. The molecule has 0 aromatic heterocycles. The van der Waals surface area contributed by atoms with Crippen molar-refractivity contribution in [1.82, 2.24) is 15.5 Å². The molecule has 4 N–H and O–H groups in total. The van der Waals surface area contributed by atoms with Crippen LogP contribution in [0.4, 0.5) is 0 Å². The Kier molecular flexibility index (Phi) is 4.97. The third kappa shape index (κ3) is 4.13. The fraction of sp³-hybridized carbons (Fsp3) is 0.500. The van der Waals surface area contributed by atoms with E-state index in [1.165, 1.54) is 0 Å². The number of rotatable bonds is 4. The highest BCUT2D eigenvalue weighted by Gasteiger charge is 2.21. The number of piperazine rings is 1. The number of benzene rings is 1. The first-order valence-electron chi connectivity index (χ1n) is 7.99. The summed E-state index contributed by atoms with van der Waals surface area (Å²) < 4.78 is 5.64. The van der Waals surface area contributed by atoms with Crippen molar-refractivity contribution < 1.29 is 9.53 Å². The summed E-state index contributed by atoms with van der Waals surface area (Å²) in [6, 6.07) is 8.11. The van der Waals surface area contributed by atoms with E-state index in [1.807, 2.05) is 24.3 Å². The molecule has 1 aromatic rings. The van der Waals surface area contributed by atoms with Crippen molar-refractivity contribution in [3.8, 4) is 5.75 Å². The SMILES string of the molecule is NC(=NCCN1CCNC(=O)C1)NC1CCOc2ccccc21. The van der Waals surface area contributed by atoms with E-state index in [0.29, 0.717) is 32.2 Å². The number of carbonyl (C=O) groups excluding carboxylic acids is 1. The van der Waals surface area contributed by atoms with Crippen molar-refractivity contribution in [2.75, 3.05) is 39.3 Å². The van der Waals surface area contributed by atoms with Gasteiger partial charge in [-0.25, -0.2) is 0 Å². The summed E-state index contributed by atoms with van der Waals surface area (Å²) in [5.74, 6) is 1.42. The van der Waals surface area contributed by atoms with Gasteiger partial charge < -0.3 is 21.1 Å². The Bertz CT molecular complexity index is 590. The molecule has 23 heavy (non-hydrogen) atoms. The Hall–Kier alpha value is -2.28. The van der Waals surface area contributed by atoms with E-state index in [1.54, 1.807) is 0 Å². The lowest BCUT2D eigenvalue weighted by Gasteiger charge is -2.27. The highest BCUT2D eigenvalue weighted by atomic mass is 16.5. The van der Waals surface area contributed by atoms with Gasteiger partial charge in [0.15, 0.2) is 5.96 Å². The Balaban J connectivity index is 1.51. The van der Waals surface area contributed by atoms with Gasteiger partial charge in [-0.1, -0.05) is 18.2 Å². The first-order valence-corrected chi connectivity index (χ1v) is 7.99. The summed E-state index contributed by atoms with van der Waals surface area (Å²) in [5, 5.41) is 6.08. The number of ether oxygens (including phenoxy) is 1. The molecule has 0 radical (unpaired) electrons. The monoisotopic (exact) mass is 317 g/mol. The molecule has 1 atom stereocenters. The second kappa shape index (κ2) is 7.32. The number of fused-ring (bicyclic) bond motifs is 1. The topological polar surface area (TPSA) is 92.0 Å². The highest BCUT2D eigenvalue weighted by Crippen LogP contribution is 2.31. The van der Waals surface area contributed by atoms with Crippen molar-refractivity contribution in [2.24, 2.45) is 10.7 Å². The Morgan fingerprint density at radius 1 is 1.48 bits per heavy atom. The van der Waals surface area contributed by atoms with Crippen LogP contribution in [0, 0.1) is 0 Å². The predicted molar refractivity (Wildman–Crippen MR) is 88.4 cm³/mol. The fourth-order valence-corrected chi connectivity index (χ4v) is 2.91. The van der Waals surface area contributed by atoms with E-state index >= 15 is 0 Å². The van der Waals surface area contributed by atoms with Gasteiger partial charge in [0, 0.05) is 31.6 Å². The van der Waals surface area contributed by atoms with Gasteiger partial charge in [0.1, 0.15) is 5.75 Å². The minimum atomic E-state index is 0.0742. The van der Waals surface area contributed by atoms with Crippen molar-refractivity contribution in [2.45, 2.75) is 12.5 Å². The van der Waals surface area contributed by atoms with Crippen LogP contribution >= 0.6 is 0 Å². The molecule has 0 bridgehead atoms. The lowest BCUT2D eigenvalue weighted by atomic mass is 10.0. The number of amides is 1. The number of hydrogen-bond donors (Lipinski definition) is 3. The molecular formula is C16H23N5O2. The van der Waals surface area contributed by atoms with Gasteiger partial charge >= 0.3 is 0 Å². The van der Waals surface area contributed by atoms with Crippen molar-refractivity contribution in [3.63, 3.8) is 0 Å². The van der Waals surface area contributed by atoms with Crippen LogP contribution in [0.3, 0.4) is 0 Å². The molecule has 1 aromatic carbocycles. The molecule has 1 fully saturated rings. The second-order valence-corrected chi connectivity index (χ2v) is 5.76. The maximum Gasteiger partial charge on any atom is 0.234 e. The standard InChI is InChI=1S/C16H23N5O2/c17-16(19-7-9-21-8-6-18-15(22)11-21)20-13-5-10-23-14-4-2-1-3-12(13)14/h1-4,13H,5-11H2,(H,18,22)(H3,17,19,20). The van der Waals surface area contributed by atoms with E-state index in [4.69, 9.17) is 10.5 Å². The van der Waals surface area contributed by atoms with Crippen LogP contribution in [0.25, 0.3) is 0 Å². The fourth-order valence-electron chi connectivity index (χ4n) is 2.91. The van der Waals surface area contributed by atoms with Crippen molar-refractivity contribution in [3.05, 3.63) is 29.8 Å². The van der Waals surface area contributed by atoms with Crippen LogP contribution in [-0.4, -0.2) is 56.1 Å². The summed E-state index contributed by atoms with van der Waals surface area (Å²) in [5.41, 5.74) is 7.12. The van der Waals surface area contributed by atoms with Crippen LogP contribution in [0.5, 0.6) is 5.75 Å². The van der Waals surface area contributed by atoms with Crippen molar-refractivity contribution >= 4 is 11.9 Å². The molecular weight excluding hydrogens is 294 g/mol. The molecule has 0 spiro atoms. The summed E-state index contributed by atoms with van der Waals surface area (Å²) >= 11 is 0. The zero-order chi connectivity index (χ0) is 16.1. The third-order valence-corrected chi connectivity index (χ3v) is 4.10. The summed E-state index contributed by atoms with van der Waals surface area (Å²) in [4.78, 5) is 17.8. The first-order chi connectivity index (χ1) is 11.2. The minimum absolute atomic E-state index is 0.0742. The maximum absolute atomic E-state index is 11.3. The molecule has 2 heterocycles. The maximum atomic E-state index is 11.3. The van der Waals surface area contributed by atoms with Gasteiger partial charge in [-0.3, -0.25) is 14.7 Å². The van der Waals surface area contributed by atoms with E-state index in [9.17, 15) is 4.79 Å². The number of guanidine groups is 1. The molecule has 7 nitrogen and oxygen atoms in total. The van der Waals surface area contributed by atoms with Gasteiger partial charge in [0.05, 0.1) is 25.7 Å². The Labute approximate surface area is 135 Å². The van der Waals surface area contributed by atoms with E-state index < -0.39 is 0 Å². The third-order valence-electron chi connectivity index (χ3n) is 4.10. The molecule has 2 aliphatic heterocycles. The number of para-hydroxylation sites is 1. The molecule has 1 amide bonds. The van der Waals surface area contributed by atoms with Crippen LogP contribution < -0.4 is 21.1 Å². The largest absolute Gasteiger partial charge is 0.493 e. The van der Waals surface area contributed by atoms with Crippen LogP contribution in [-0.2, 0) is 4.79 Å². The average molecular weight is 317 g/mol. The van der Waals surface area contributed by atoms with Gasteiger partial charge in [-0.2, -0.15) is 0 Å². The van der Waals surface area contributed by atoms with E-state index in [0.717, 1.165) is 30.8 Å². The molecule has 7 heteroatoms.